The number of hydrogen-bond donors (Lipinski definition) is 1. The lowest BCUT2D eigenvalue weighted by Crippen LogP contribution is -2.33. The second-order valence-electron chi connectivity index (χ2n) is 9.62. The van der Waals surface area contributed by atoms with Crippen LogP contribution >= 0.6 is 36.2 Å². The third kappa shape index (κ3) is 21.4. The molecule has 0 N–H and O–H groups in total. The molecule has 2 nitrogen and oxygen atoms in total. The van der Waals surface area contributed by atoms with Gasteiger partial charge in [-0.15, -0.1) is 0 Å². The summed E-state index contributed by atoms with van der Waals surface area (Å²) in [5.41, 5.74) is 1.11. The molecule has 5 heteroatoms. The highest BCUT2D eigenvalue weighted by Crippen LogP contribution is 2.17. The quantitative estimate of drug-likeness (QED) is 0.0833. The van der Waals surface area contributed by atoms with Crippen molar-refractivity contribution in [1.82, 2.24) is 9.80 Å². The van der Waals surface area contributed by atoms with Gasteiger partial charge in [-0.25, -0.2) is 0 Å². The Balaban J connectivity index is 3.77. The number of thioether (sulfide) groups is 2. The van der Waals surface area contributed by atoms with Gasteiger partial charge in [-0.05, 0) is 67.8 Å². The standard InChI is InChI=1S/C29H58N2S3/c1-6-7-8-9-11-14-17-25-34-27-20-22-31(28(2)3)29(4)30(5)21-19-26-33-24-18-15-12-10-13-16-23-32/h32H,2,4,6-27H2,1,3,5H3. The smallest absolute Gasteiger partial charge is 0.100 e. The summed E-state index contributed by atoms with van der Waals surface area (Å²) in [6, 6.07) is 0. The van der Waals surface area contributed by atoms with E-state index in [2.05, 4.69) is 80.0 Å². The first kappa shape index (κ1) is 34.1. The lowest BCUT2D eigenvalue weighted by Gasteiger charge is -2.33. The van der Waals surface area contributed by atoms with E-state index in [-0.39, 0.29) is 0 Å². The molecule has 0 amide bonds. The van der Waals surface area contributed by atoms with Crippen molar-refractivity contribution in [2.45, 2.75) is 110 Å². The van der Waals surface area contributed by atoms with E-state index >= 15 is 0 Å². The third-order valence-corrected chi connectivity index (χ3v) is 8.88. The maximum atomic E-state index is 4.39. The highest BCUT2D eigenvalue weighted by Gasteiger charge is 2.12. The van der Waals surface area contributed by atoms with E-state index in [4.69, 9.17) is 0 Å². The van der Waals surface area contributed by atoms with Crippen molar-refractivity contribution in [2.24, 2.45) is 0 Å². The maximum Gasteiger partial charge on any atom is 0.100 e. The topological polar surface area (TPSA) is 6.48 Å². The first-order valence-corrected chi connectivity index (χ1v) is 17.1. The van der Waals surface area contributed by atoms with Gasteiger partial charge in [0.05, 0.1) is 0 Å². The summed E-state index contributed by atoms with van der Waals surface area (Å²) in [4.78, 5) is 4.64. The zero-order valence-corrected chi connectivity index (χ0v) is 25.7. The number of thiol groups is 1. The average molecular weight is 531 g/mol. The molecule has 0 spiro atoms. The molecule has 202 valence electrons. The molecule has 0 aliphatic carbocycles. The van der Waals surface area contributed by atoms with Crippen molar-refractivity contribution in [3.05, 3.63) is 24.7 Å². The molecule has 0 aliphatic rings. The summed E-state index contributed by atoms with van der Waals surface area (Å²) >= 11 is 8.52. The molecule has 0 bridgehead atoms. The predicted octanol–water partition coefficient (Wildman–Crippen LogP) is 9.49. The Morgan fingerprint density at radius 1 is 0.647 bits per heavy atom. The summed E-state index contributed by atoms with van der Waals surface area (Å²) in [5.74, 6) is 7.26. The lowest BCUT2D eigenvalue weighted by atomic mass is 10.1. The molecule has 0 aromatic rings. The van der Waals surface area contributed by atoms with Crippen LogP contribution in [-0.2, 0) is 0 Å². The summed E-state index contributed by atoms with van der Waals surface area (Å²) in [6.07, 6.45) is 20.4. The molecule has 0 saturated heterocycles. The van der Waals surface area contributed by atoms with Gasteiger partial charge in [0.25, 0.3) is 0 Å². The van der Waals surface area contributed by atoms with Gasteiger partial charge in [0.15, 0.2) is 0 Å². The molecular weight excluding hydrogens is 473 g/mol. The Hall–Kier alpha value is 0.130. The van der Waals surface area contributed by atoms with E-state index in [1.165, 1.54) is 119 Å². The van der Waals surface area contributed by atoms with Gasteiger partial charge in [-0.2, -0.15) is 36.2 Å². The van der Waals surface area contributed by atoms with Crippen molar-refractivity contribution in [3.63, 3.8) is 0 Å². The molecule has 0 fully saturated rings. The molecule has 0 radical (unpaired) electrons. The van der Waals surface area contributed by atoms with Gasteiger partial charge < -0.3 is 9.80 Å². The van der Waals surface area contributed by atoms with E-state index < -0.39 is 0 Å². The Kier molecular flexibility index (Phi) is 26.3. The summed E-state index contributed by atoms with van der Waals surface area (Å²) in [7, 11) is 2.18. The SMILES string of the molecule is C=C(C)N(CCCSCCCCCCCCC)C(=C)N(C)CCCSCCCCCCCCS. The summed E-state index contributed by atoms with van der Waals surface area (Å²) < 4.78 is 0. The van der Waals surface area contributed by atoms with Crippen LogP contribution in [0.4, 0.5) is 0 Å². The minimum absolute atomic E-state index is 1.03. The molecule has 0 saturated carbocycles. The number of unbranched alkanes of at least 4 members (excludes halogenated alkanes) is 11. The molecule has 0 aromatic carbocycles. The van der Waals surface area contributed by atoms with E-state index in [9.17, 15) is 0 Å². The molecule has 0 atom stereocenters. The largest absolute Gasteiger partial charge is 0.362 e. The van der Waals surface area contributed by atoms with Gasteiger partial charge in [-0.3, -0.25) is 0 Å². The third-order valence-electron chi connectivity index (χ3n) is 6.25. The molecule has 0 unspecified atom stereocenters. The van der Waals surface area contributed by atoms with Gasteiger partial charge in [0.2, 0.25) is 0 Å². The predicted molar refractivity (Wildman–Crippen MR) is 167 cm³/mol. The minimum atomic E-state index is 1.03. The van der Waals surface area contributed by atoms with E-state index in [1.54, 1.807) is 0 Å². The maximum absolute atomic E-state index is 4.39. The van der Waals surface area contributed by atoms with Gasteiger partial charge >= 0.3 is 0 Å². The summed E-state index contributed by atoms with van der Waals surface area (Å²) in [5, 5.41) is 0. The average Bonchev–Trinajstić information content (AvgIpc) is 2.82. The fraction of sp³-hybridized carbons (Fsp3) is 0.862. The van der Waals surface area contributed by atoms with E-state index in [0.717, 1.165) is 30.4 Å². The van der Waals surface area contributed by atoms with Gasteiger partial charge in [0, 0.05) is 25.8 Å². The highest BCUT2D eigenvalue weighted by atomic mass is 32.2. The Morgan fingerprint density at radius 2 is 1.09 bits per heavy atom. The van der Waals surface area contributed by atoms with Crippen LogP contribution in [0.5, 0.6) is 0 Å². The van der Waals surface area contributed by atoms with Gasteiger partial charge in [-0.1, -0.05) is 84.3 Å². The van der Waals surface area contributed by atoms with Crippen molar-refractivity contribution < 1.29 is 0 Å². The molecule has 0 aromatic heterocycles. The Morgan fingerprint density at radius 3 is 1.59 bits per heavy atom. The van der Waals surface area contributed by atoms with Crippen molar-refractivity contribution in [2.75, 3.05) is 48.9 Å². The van der Waals surface area contributed by atoms with Crippen molar-refractivity contribution in [3.8, 4) is 0 Å². The first-order valence-electron chi connectivity index (χ1n) is 14.1. The monoisotopic (exact) mass is 530 g/mol. The number of hydrogen-bond acceptors (Lipinski definition) is 5. The molecule has 34 heavy (non-hydrogen) atoms. The first-order chi connectivity index (χ1) is 16.5. The number of allylic oxidation sites excluding steroid dienone is 1. The Labute approximate surface area is 228 Å². The second kappa shape index (κ2) is 26.2. The number of nitrogens with zero attached hydrogens (tertiary/aromatic N) is 2. The fourth-order valence-corrected chi connectivity index (χ4v) is 6.11. The zero-order valence-electron chi connectivity index (χ0n) is 23.1. The van der Waals surface area contributed by atoms with Crippen LogP contribution in [0.2, 0.25) is 0 Å². The van der Waals surface area contributed by atoms with Crippen LogP contribution < -0.4 is 0 Å². The lowest BCUT2D eigenvalue weighted by molar-refractivity contribution is 0.278. The summed E-state index contributed by atoms with van der Waals surface area (Å²) in [6.45, 7) is 15.1. The molecular formula is C29H58N2S3. The molecule has 0 aliphatic heterocycles. The van der Waals surface area contributed by atoms with Crippen LogP contribution in [0.3, 0.4) is 0 Å². The van der Waals surface area contributed by atoms with Crippen molar-refractivity contribution in [1.29, 1.82) is 0 Å². The highest BCUT2D eigenvalue weighted by molar-refractivity contribution is 7.99. The van der Waals surface area contributed by atoms with Crippen molar-refractivity contribution >= 4 is 36.2 Å². The van der Waals surface area contributed by atoms with E-state index in [1.807, 2.05) is 0 Å². The normalized spacial score (nSPS) is 11.1. The molecule has 0 heterocycles. The number of rotatable bonds is 27. The van der Waals surface area contributed by atoms with E-state index in [0.29, 0.717) is 0 Å². The molecule has 0 rings (SSSR count). The second-order valence-corrected chi connectivity index (χ2v) is 12.5. The van der Waals surface area contributed by atoms with Crippen LogP contribution in [0.15, 0.2) is 24.7 Å². The van der Waals surface area contributed by atoms with Crippen LogP contribution in [0, 0.1) is 0 Å². The van der Waals surface area contributed by atoms with Crippen LogP contribution in [0.1, 0.15) is 110 Å². The van der Waals surface area contributed by atoms with Crippen LogP contribution in [-0.4, -0.2) is 58.7 Å². The zero-order chi connectivity index (χ0) is 25.3. The minimum Gasteiger partial charge on any atom is -0.362 e. The fourth-order valence-electron chi connectivity index (χ4n) is 3.99. The Bertz CT molecular complexity index is 470. The van der Waals surface area contributed by atoms with Crippen LogP contribution in [0.25, 0.3) is 0 Å². The van der Waals surface area contributed by atoms with Gasteiger partial charge in [0.1, 0.15) is 5.82 Å².